The molecule has 2 bridgehead atoms. The van der Waals surface area contributed by atoms with E-state index in [1.165, 1.54) is 19.2 Å². The average molecular weight is 479 g/mol. The molecule has 1 N–H and O–H groups in total. The van der Waals surface area contributed by atoms with Crippen LogP contribution in [0.5, 0.6) is 5.75 Å². The number of amides is 1. The summed E-state index contributed by atoms with van der Waals surface area (Å²) in [5.41, 5.74) is 0.0519. The summed E-state index contributed by atoms with van der Waals surface area (Å²) in [7, 11) is 3.44. The number of ether oxygens (including phenoxy) is 2. The van der Waals surface area contributed by atoms with Crippen molar-refractivity contribution in [2.24, 2.45) is 0 Å². The summed E-state index contributed by atoms with van der Waals surface area (Å²) in [5, 5.41) is 18.4. The van der Waals surface area contributed by atoms with Crippen molar-refractivity contribution in [2.75, 3.05) is 25.9 Å². The summed E-state index contributed by atoms with van der Waals surface area (Å²) in [4.78, 5) is 15.6. The molecule has 2 fully saturated rings. The molecule has 3 heterocycles. The number of methoxy groups -OCH3 is 1. The molecular formula is C23H28ClFN4O4. The van der Waals surface area contributed by atoms with Gasteiger partial charge in [0.15, 0.2) is 12.6 Å². The number of hydrogen-bond donors (Lipinski definition) is 1. The van der Waals surface area contributed by atoms with E-state index >= 15 is 0 Å². The summed E-state index contributed by atoms with van der Waals surface area (Å²) in [6.45, 7) is 4.03. The van der Waals surface area contributed by atoms with Crippen molar-refractivity contribution in [3.05, 3.63) is 35.1 Å². The van der Waals surface area contributed by atoms with Gasteiger partial charge in [-0.25, -0.2) is 9.18 Å². The molecule has 4 rings (SSSR count). The molecule has 2 unspecified atom stereocenters. The van der Waals surface area contributed by atoms with Crippen LogP contribution in [-0.4, -0.2) is 64.4 Å². The Kier molecular flexibility index (Phi) is 6.13. The molecule has 0 radical (unpaired) electrons. The van der Waals surface area contributed by atoms with Crippen LogP contribution in [0.4, 0.5) is 15.0 Å². The van der Waals surface area contributed by atoms with E-state index in [4.69, 9.17) is 21.1 Å². The summed E-state index contributed by atoms with van der Waals surface area (Å²) in [6.07, 6.45) is 2.26. The van der Waals surface area contributed by atoms with Crippen LogP contribution < -0.4 is 9.64 Å². The molecule has 2 aromatic rings. The van der Waals surface area contributed by atoms with Crippen molar-refractivity contribution in [3.8, 4) is 17.0 Å². The molecule has 2 aliphatic rings. The number of aromatic nitrogens is 2. The number of hydrogen-bond acceptors (Lipinski definition) is 6. The fourth-order valence-corrected chi connectivity index (χ4v) is 5.59. The predicted octanol–water partition coefficient (Wildman–Crippen LogP) is 4.81. The summed E-state index contributed by atoms with van der Waals surface area (Å²) >= 11 is 5.91. The van der Waals surface area contributed by atoms with Crippen LogP contribution >= 0.6 is 11.6 Å². The second kappa shape index (κ2) is 8.61. The number of halogens is 2. The Bertz CT molecular complexity index is 1040. The first-order valence-electron chi connectivity index (χ1n) is 10.8. The fraction of sp³-hybridized carbons (Fsp3) is 0.522. The van der Waals surface area contributed by atoms with Gasteiger partial charge in [0, 0.05) is 42.9 Å². The molecule has 0 spiro atoms. The maximum Gasteiger partial charge on any atom is 0.408 e. The van der Waals surface area contributed by atoms with Crippen molar-refractivity contribution in [2.45, 2.75) is 56.7 Å². The predicted molar refractivity (Wildman–Crippen MR) is 122 cm³/mol. The third-order valence-corrected chi connectivity index (χ3v) is 7.30. The maximum absolute atomic E-state index is 14.1. The smallest absolute Gasteiger partial charge is 0.408 e. The lowest BCUT2D eigenvalue weighted by molar-refractivity contribution is 0.0131. The van der Waals surface area contributed by atoms with E-state index in [0.717, 1.165) is 12.8 Å². The number of nitrogens with zero attached hydrogens (tertiary/aromatic N) is 4. The lowest BCUT2D eigenvalue weighted by Gasteiger charge is -2.51. The van der Waals surface area contributed by atoms with Gasteiger partial charge in [0.05, 0.1) is 10.7 Å². The molecule has 8 nitrogen and oxygen atoms in total. The summed E-state index contributed by atoms with van der Waals surface area (Å²) < 4.78 is 24.6. The van der Waals surface area contributed by atoms with Crippen LogP contribution in [0.1, 0.15) is 39.5 Å². The molecule has 33 heavy (non-hydrogen) atoms. The molecule has 1 amide bonds. The quantitative estimate of drug-likeness (QED) is 0.596. The lowest BCUT2D eigenvalue weighted by Crippen LogP contribution is -2.62. The normalized spacial score (nSPS) is 26.4. The molecule has 2 aliphatic heterocycles. The van der Waals surface area contributed by atoms with Gasteiger partial charge < -0.3 is 19.5 Å². The molecular weight excluding hydrogens is 451 g/mol. The zero-order valence-corrected chi connectivity index (χ0v) is 19.9. The molecule has 10 heteroatoms. The molecule has 2 atom stereocenters. The van der Waals surface area contributed by atoms with Gasteiger partial charge in [0.2, 0.25) is 0 Å². The Balaban J connectivity index is 1.57. The van der Waals surface area contributed by atoms with Gasteiger partial charge in [0.1, 0.15) is 11.6 Å². The van der Waals surface area contributed by atoms with Gasteiger partial charge in [0.25, 0.3) is 0 Å². The zero-order chi connectivity index (χ0) is 24.0. The Morgan fingerprint density at radius 3 is 2.48 bits per heavy atom. The highest BCUT2D eigenvalue weighted by molar-refractivity contribution is 6.31. The fourth-order valence-electron chi connectivity index (χ4n) is 5.44. The van der Waals surface area contributed by atoms with Crippen LogP contribution in [0.3, 0.4) is 0 Å². The maximum atomic E-state index is 14.1. The Morgan fingerprint density at radius 2 is 1.94 bits per heavy atom. The molecule has 1 aromatic carbocycles. The summed E-state index contributed by atoms with van der Waals surface area (Å²) in [5.74, 6) is 0.423. The zero-order valence-electron chi connectivity index (χ0n) is 19.1. The van der Waals surface area contributed by atoms with Crippen molar-refractivity contribution in [3.63, 3.8) is 0 Å². The van der Waals surface area contributed by atoms with Crippen molar-refractivity contribution >= 4 is 23.5 Å². The highest BCUT2D eigenvalue weighted by atomic mass is 35.5. The molecule has 178 valence electrons. The number of rotatable bonds is 6. The Morgan fingerprint density at radius 1 is 1.27 bits per heavy atom. The molecule has 1 aromatic heterocycles. The topological polar surface area (TPSA) is 88.0 Å². The first-order chi connectivity index (χ1) is 15.6. The van der Waals surface area contributed by atoms with E-state index in [1.807, 2.05) is 27.0 Å². The number of benzene rings is 1. The van der Waals surface area contributed by atoms with E-state index in [-0.39, 0.29) is 17.9 Å². The molecule has 2 saturated heterocycles. The lowest BCUT2D eigenvalue weighted by atomic mass is 9.82. The van der Waals surface area contributed by atoms with Gasteiger partial charge in [-0.05, 0) is 57.7 Å². The second-order valence-electron chi connectivity index (χ2n) is 9.37. The van der Waals surface area contributed by atoms with E-state index in [1.54, 1.807) is 11.0 Å². The van der Waals surface area contributed by atoms with Crippen LogP contribution in [-0.2, 0) is 4.74 Å². The van der Waals surface area contributed by atoms with Crippen molar-refractivity contribution in [1.82, 2.24) is 15.1 Å². The van der Waals surface area contributed by atoms with Gasteiger partial charge in [-0.2, -0.15) is 0 Å². The van der Waals surface area contributed by atoms with Crippen LogP contribution in [0, 0.1) is 5.82 Å². The minimum absolute atomic E-state index is 0.0181. The number of fused-ring (bicyclic) bond motifs is 2. The van der Waals surface area contributed by atoms with E-state index < -0.39 is 23.0 Å². The first kappa shape index (κ1) is 23.5. The monoisotopic (exact) mass is 478 g/mol. The van der Waals surface area contributed by atoms with Crippen molar-refractivity contribution < 1.29 is 23.8 Å². The van der Waals surface area contributed by atoms with Gasteiger partial charge in [-0.1, -0.05) is 11.6 Å². The number of carboxylic acid groups (broad SMARTS) is 1. The third kappa shape index (κ3) is 4.19. The standard InChI is InChI=1S/C23H28ClFN4O4/c1-22-7-8-23(2,29(22)21(30)31)12-14(11-22)28(3)20-6-5-18(26-27-20)15-9-17(25)16(24)10-19(15)33-13-32-4/h5-6,9-10,14H,7-8,11-13H2,1-4H3,(H,30,31). The minimum atomic E-state index is -0.857. The van der Waals surface area contributed by atoms with E-state index in [0.29, 0.717) is 35.7 Å². The van der Waals surface area contributed by atoms with Gasteiger partial charge in [-0.15, -0.1) is 10.2 Å². The Hall–Kier alpha value is -2.65. The van der Waals surface area contributed by atoms with E-state index in [2.05, 4.69) is 15.1 Å². The van der Waals surface area contributed by atoms with Crippen molar-refractivity contribution in [1.29, 1.82) is 0 Å². The SMILES string of the molecule is COCOc1cc(Cl)c(F)cc1-c1ccc(N(C)C2CC3(C)CCC(C)(C2)N3C(=O)O)nn1. The summed E-state index contributed by atoms with van der Waals surface area (Å²) in [6, 6.07) is 6.35. The number of anilines is 1. The van der Waals surface area contributed by atoms with E-state index in [9.17, 15) is 14.3 Å². The van der Waals surface area contributed by atoms with Crippen LogP contribution in [0.15, 0.2) is 24.3 Å². The number of carbonyl (C=O) groups is 1. The van der Waals surface area contributed by atoms with Gasteiger partial charge >= 0.3 is 6.09 Å². The third-order valence-electron chi connectivity index (χ3n) is 7.01. The van der Waals surface area contributed by atoms with Crippen LogP contribution in [0.25, 0.3) is 11.3 Å². The number of piperidine rings is 1. The molecule has 0 aliphatic carbocycles. The highest BCUT2D eigenvalue weighted by Crippen LogP contribution is 2.51. The van der Waals surface area contributed by atoms with Crippen LogP contribution in [0.2, 0.25) is 5.02 Å². The average Bonchev–Trinajstić information content (AvgIpc) is 2.95. The second-order valence-corrected chi connectivity index (χ2v) is 9.78. The Labute approximate surface area is 197 Å². The highest BCUT2D eigenvalue weighted by Gasteiger charge is 2.58. The largest absolute Gasteiger partial charge is 0.467 e. The first-order valence-corrected chi connectivity index (χ1v) is 11.2. The van der Waals surface area contributed by atoms with Gasteiger partial charge in [-0.3, -0.25) is 4.90 Å². The minimum Gasteiger partial charge on any atom is -0.467 e. The molecule has 0 saturated carbocycles.